The molecule has 84 valence electrons. The molecule has 0 radical (unpaired) electrons. The Hall–Kier alpha value is 0.360. The molecule has 0 aliphatic carbocycles. The van der Waals surface area contributed by atoms with E-state index in [2.05, 4.69) is 12.6 Å². The second-order valence-corrected chi connectivity index (χ2v) is 4.57. The number of hydrogen-bond donors (Lipinski definition) is 3. The van der Waals surface area contributed by atoms with Gasteiger partial charge in [0.15, 0.2) is 0 Å². The van der Waals surface area contributed by atoms with Crippen LogP contribution in [0, 0.1) is 0 Å². The summed E-state index contributed by atoms with van der Waals surface area (Å²) in [5, 5.41) is 19.9. The van der Waals surface area contributed by atoms with E-state index in [1.54, 1.807) is 0 Å². The lowest BCUT2D eigenvalue weighted by molar-refractivity contribution is 0.0338. The third kappa shape index (κ3) is 3.16. The minimum Gasteiger partial charge on any atom is -0.389 e. The molecule has 1 aromatic rings. The molecule has 2 unspecified atom stereocenters. The van der Waals surface area contributed by atoms with Crippen molar-refractivity contribution in [1.82, 2.24) is 0 Å². The van der Waals surface area contributed by atoms with Gasteiger partial charge in [-0.15, -0.1) is 0 Å². The van der Waals surface area contributed by atoms with Crippen molar-refractivity contribution in [2.24, 2.45) is 0 Å². The van der Waals surface area contributed by atoms with Gasteiger partial charge in [-0.05, 0) is 12.1 Å². The first-order valence-corrected chi connectivity index (χ1v) is 5.85. The van der Waals surface area contributed by atoms with E-state index >= 15 is 0 Å². The highest BCUT2D eigenvalue weighted by Gasteiger charge is 2.20. The van der Waals surface area contributed by atoms with E-state index in [1.165, 1.54) is 12.1 Å². The number of hydrogen-bond acceptors (Lipinski definition) is 3. The lowest BCUT2D eigenvalue weighted by atomic mass is 10.1. The number of aliphatic hydroxyl groups is 2. The molecule has 2 N–H and O–H groups in total. The van der Waals surface area contributed by atoms with Gasteiger partial charge in [0.1, 0.15) is 6.10 Å². The maximum absolute atomic E-state index is 9.70. The SMILES string of the molecule is OC(CS)C(O)c1cc(Cl)c(Cl)cc1Cl. The predicted molar refractivity (Wildman–Crippen MR) is 66.3 cm³/mol. The van der Waals surface area contributed by atoms with Crippen LogP contribution in [0.25, 0.3) is 0 Å². The summed E-state index contributed by atoms with van der Waals surface area (Å²) in [5.74, 6) is 0.123. The van der Waals surface area contributed by atoms with Crippen LogP contribution in [0.5, 0.6) is 0 Å². The monoisotopic (exact) mass is 286 g/mol. The van der Waals surface area contributed by atoms with Gasteiger partial charge < -0.3 is 10.2 Å². The fourth-order valence-corrected chi connectivity index (χ4v) is 1.94. The minimum absolute atomic E-state index is 0.123. The molecular formula is C9H9Cl3O2S. The Bertz CT molecular complexity index is 359. The fraction of sp³-hybridized carbons (Fsp3) is 0.333. The van der Waals surface area contributed by atoms with Crippen molar-refractivity contribution in [2.45, 2.75) is 12.2 Å². The molecule has 0 amide bonds. The molecule has 0 saturated heterocycles. The average Bonchev–Trinajstić information content (AvgIpc) is 2.21. The summed E-state index contributed by atoms with van der Waals surface area (Å²) in [7, 11) is 0. The summed E-state index contributed by atoms with van der Waals surface area (Å²) < 4.78 is 0. The van der Waals surface area contributed by atoms with Gasteiger partial charge >= 0.3 is 0 Å². The molecule has 0 heterocycles. The van der Waals surface area contributed by atoms with Gasteiger partial charge in [0.25, 0.3) is 0 Å². The third-order valence-corrected chi connectivity index (χ3v) is 3.33. The van der Waals surface area contributed by atoms with Gasteiger partial charge in [-0.1, -0.05) is 34.8 Å². The Labute approximate surface area is 108 Å². The summed E-state index contributed by atoms with van der Waals surface area (Å²) in [6.45, 7) is 0. The van der Waals surface area contributed by atoms with Gasteiger partial charge in [0, 0.05) is 16.3 Å². The lowest BCUT2D eigenvalue weighted by Gasteiger charge is -2.17. The first-order chi connectivity index (χ1) is 6.97. The van der Waals surface area contributed by atoms with Crippen LogP contribution in [0.2, 0.25) is 15.1 Å². The van der Waals surface area contributed by atoms with E-state index in [0.29, 0.717) is 10.6 Å². The van der Waals surface area contributed by atoms with Gasteiger partial charge in [-0.2, -0.15) is 12.6 Å². The molecule has 0 aromatic heterocycles. The first kappa shape index (κ1) is 13.4. The van der Waals surface area contributed by atoms with Crippen LogP contribution in [-0.2, 0) is 0 Å². The largest absolute Gasteiger partial charge is 0.389 e. The number of rotatable bonds is 3. The summed E-state index contributed by atoms with van der Waals surface area (Å²) in [4.78, 5) is 0. The Morgan fingerprint density at radius 1 is 1.07 bits per heavy atom. The van der Waals surface area contributed by atoms with Crippen molar-refractivity contribution in [3.63, 3.8) is 0 Å². The highest BCUT2D eigenvalue weighted by atomic mass is 35.5. The van der Waals surface area contributed by atoms with Gasteiger partial charge in [0.2, 0.25) is 0 Å². The van der Waals surface area contributed by atoms with Crippen molar-refractivity contribution >= 4 is 47.4 Å². The standard InChI is InChI=1S/C9H9Cl3O2S/c10-5-2-7(12)6(11)1-4(5)9(14)8(13)3-15/h1-2,8-9,13-15H,3H2. The van der Waals surface area contributed by atoms with E-state index in [-0.39, 0.29) is 15.8 Å². The van der Waals surface area contributed by atoms with Crippen molar-refractivity contribution in [3.05, 3.63) is 32.8 Å². The van der Waals surface area contributed by atoms with E-state index in [0.717, 1.165) is 0 Å². The molecular weight excluding hydrogens is 279 g/mol. The molecule has 0 aliphatic rings. The van der Waals surface area contributed by atoms with Crippen molar-refractivity contribution in [1.29, 1.82) is 0 Å². The van der Waals surface area contributed by atoms with Gasteiger partial charge in [0.05, 0.1) is 16.1 Å². The summed E-state index contributed by atoms with van der Waals surface area (Å²) in [5.41, 5.74) is 0.340. The van der Waals surface area contributed by atoms with E-state index < -0.39 is 12.2 Å². The molecule has 0 fully saturated rings. The number of aliphatic hydroxyl groups excluding tert-OH is 2. The van der Waals surface area contributed by atoms with Crippen molar-refractivity contribution < 1.29 is 10.2 Å². The predicted octanol–water partition coefficient (Wildman–Crippen LogP) is 2.97. The molecule has 2 nitrogen and oxygen atoms in total. The van der Waals surface area contributed by atoms with Crippen molar-refractivity contribution in [2.75, 3.05) is 5.75 Å². The molecule has 1 aromatic carbocycles. The summed E-state index contributed by atoms with van der Waals surface area (Å²) in [6, 6.07) is 2.86. The Morgan fingerprint density at radius 2 is 1.60 bits per heavy atom. The Morgan fingerprint density at radius 3 is 2.13 bits per heavy atom. The Kier molecular flexibility index (Phi) is 5.03. The average molecular weight is 288 g/mol. The fourth-order valence-electron chi connectivity index (χ4n) is 1.07. The maximum Gasteiger partial charge on any atom is 0.107 e. The second-order valence-electron chi connectivity index (χ2n) is 2.98. The molecule has 0 saturated carbocycles. The number of benzene rings is 1. The van der Waals surface area contributed by atoms with Crippen LogP contribution >= 0.6 is 47.4 Å². The third-order valence-electron chi connectivity index (χ3n) is 1.91. The van der Waals surface area contributed by atoms with E-state index in [4.69, 9.17) is 34.8 Å². The topological polar surface area (TPSA) is 40.5 Å². The van der Waals surface area contributed by atoms with Crippen LogP contribution in [0.15, 0.2) is 12.1 Å². The minimum atomic E-state index is -1.12. The Balaban J connectivity index is 3.09. The second kappa shape index (κ2) is 5.62. The van der Waals surface area contributed by atoms with E-state index in [9.17, 15) is 10.2 Å². The number of halogens is 3. The van der Waals surface area contributed by atoms with Crippen LogP contribution < -0.4 is 0 Å². The van der Waals surface area contributed by atoms with Crippen LogP contribution in [0.3, 0.4) is 0 Å². The van der Waals surface area contributed by atoms with Crippen LogP contribution in [-0.4, -0.2) is 22.1 Å². The highest BCUT2D eigenvalue weighted by Crippen LogP contribution is 2.33. The van der Waals surface area contributed by atoms with Gasteiger partial charge in [-0.3, -0.25) is 0 Å². The van der Waals surface area contributed by atoms with Gasteiger partial charge in [-0.25, -0.2) is 0 Å². The molecule has 6 heteroatoms. The smallest absolute Gasteiger partial charge is 0.107 e. The zero-order valence-corrected chi connectivity index (χ0v) is 10.7. The first-order valence-electron chi connectivity index (χ1n) is 4.08. The van der Waals surface area contributed by atoms with E-state index in [1.807, 2.05) is 0 Å². The molecule has 0 aliphatic heterocycles. The molecule has 2 atom stereocenters. The highest BCUT2D eigenvalue weighted by molar-refractivity contribution is 7.80. The molecule has 1 rings (SSSR count). The van der Waals surface area contributed by atoms with Crippen molar-refractivity contribution in [3.8, 4) is 0 Å². The van der Waals surface area contributed by atoms with Crippen LogP contribution in [0.4, 0.5) is 0 Å². The summed E-state index contributed by atoms with van der Waals surface area (Å²) >= 11 is 21.2. The maximum atomic E-state index is 9.70. The molecule has 15 heavy (non-hydrogen) atoms. The van der Waals surface area contributed by atoms with Crippen LogP contribution in [0.1, 0.15) is 11.7 Å². The molecule has 0 bridgehead atoms. The quantitative estimate of drug-likeness (QED) is 0.591. The zero-order chi connectivity index (χ0) is 11.6. The lowest BCUT2D eigenvalue weighted by Crippen LogP contribution is -2.20. The summed E-state index contributed by atoms with van der Waals surface area (Å²) in [6.07, 6.45) is -2.12. The normalized spacial score (nSPS) is 15.1. The zero-order valence-electron chi connectivity index (χ0n) is 7.49. The number of thiol groups is 1. The molecule has 0 spiro atoms.